The molecule has 1 atom stereocenters. The summed E-state index contributed by atoms with van der Waals surface area (Å²) >= 11 is 5.91. The highest BCUT2D eigenvalue weighted by atomic mass is 35.5. The fourth-order valence-electron chi connectivity index (χ4n) is 2.29. The quantitative estimate of drug-likeness (QED) is 0.822. The number of nitrogens with zero attached hydrogens (tertiary/aromatic N) is 3. The maximum absolute atomic E-state index is 5.91. The molecule has 1 N–H and O–H groups in total. The highest BCUT2D eigenvalue weighted by Crippen LogP contribution is 2.24. The third-order valence-corrected chi connectivity index (χ3v) is 3.30. The first-order valence-electron chi connectivity index (χ1n) is 5.54. The maximum atomic E-state index is 5.91. The monoisotopic (exact) mass is 236 g/mol. The van der Waals surface area contributed by atoms with Crippen molar-refractivity contribution in [2.24, 2.45) is 0 Å². The van der Waals surface area contributed by atoms with Gasteiger partial charge in [-0.05, 0) is 19.4 Å². The van der Waals surface area contributed by atoms with E-state index in [2.05, 4.69) is 15.3 Å². The lowest BCUT2D eigenvalue weighted by atomic mass is 9.97. The van der Waals surface area contributed by atoms with Crippen LogP contribution in [0, 0.1) is 0 Å². The summed E-state index contributed by atoms with van der Waals surface area (Å²) in [5, 5.41) is 3.92. The van der Waals surface area contributed by atoms with Crippen LogP contribution in [-0.4, -0.2) is 27.5 Å². The molecule has 2 aromatic heterocycles. The predicted octanol–water partition coefficient (Wildman–Crippen LogP) is 1.85. The van der Waals surface area contributed by atoms with Crippen molar-refractivity contribution in [2.75, 3.05) is 13.1 Å². The van der Waals surface area contributed by atoms with Crippen LogP contribution in [0.1, 0.15) is 24.5 Å². The smallest absolute Gasteiger partial charge is 0.155 e. The average molecular weight is 237 g/mol. The first-order valence-corrected chi connectivity index (χ1v) is 5.91. The van der Waals surface area contributed by atoms with Crippen LogP contribution in [0.25, 0.3) is 5.65 Å². The summed E-state index contributed by atoms with van der Waals surface area (Å²) in [7, 11) is 0. The second kappa shape index (κ2) is 4.03. The van der Waals surface area contributed by atoms with Crippen molar-refractivity contribution in [3.05, 3.63) is 29.4 Å². The second-order valence-corrected chi connectivity index (χ2v) is 4.55. The number of fused-ring (bicyclic) bond motifs is 1. The third kappa shape index (κ3) is 1.68. The van der Waals surface area contributed by atoms with E-state index in [1.807, 2.05) is 16.8 Å². The van der Waals surface area contributed by atoms with Gasteiger partial charge in [0, 0.05) is 30.6 Å². The van der Waals surface area contributed by atoms with Gasteiger partial charge in [0.05, 0.1) is 6.20 Å². The van der Waals surface area contributed by atoms with Gasteiger partial charge < -0.3 is 5.32 Å². The van der Waals surface area contributed by atoms with E-state index in [4.69, 9.17) is 11.6 Å². The van der Waals surface area contributed by atoms with Gasteiger partial charge in [-0.25, -0.2) is 9.97 Å². The average Bonchev–Trinajstić information content (AvgIpc) is 2.73. The van der Waals surface area contributed by atoms with E-state index < -0.39 is 0 Å². The summed E-state index contributed by atoms with van der Waals surface area (Å²) in [5.41, 5.74) is 2.09. The standard InChI is InChI=1S/C11H13ClN4/c12-10-7-16-9(5-15-11(16)6-14-10)8-2-1-3-13-4-8/h5-8,13H,1-4H2. The summed E-state index contributed by atoms with van der Waals surface area (Å²) in [6.07, 6.45) is 7.92. The number of halogens is 1. The molecule has 0 aromatic carbocycles. The van der Waals surface area contributed by atoms with E-state index in [1.54, 1.807) is 6.20 Å². The normalized spacial score (nSPS) is 21.4. The van der Waals surface area contributed by atoms with Gasteiger partial charge in [-0.3, -0.25) is 4.40 Å². The molecule has 2 aromatic rings. The molecule has 0 bridgehead atoms. The molecule has 1 unspecified atom stereocenters. The Labute approximate surface area is 98.7 Å². The van der Waals surface area contributed by atoms with E-state index in [-0.39, 0.29) is 0 Å². The van der Waals surface area contributed by atoms with Crippen LogP contribution in [0.4, 0.5) is 0 Å². The van der Waals surface area contributed by atoms with E-state index in [1.165, 1.54) is 18.5 Å². The van der Waals surface area contributed by atoms with Crippen molar-refractivity contribution >= 4 is 17.2 Å². The molecule has 1 fully saturated rings. The van der Waals surface area contributed by atoms with E-state index in [0.717, 1.165) is 18.7 Å². The second-order valence-electron chi connectivity index (χ2n) is 4.16. The van der Waals surface area contributed by atoms with Gasteiger partial charge in [0.15, 0.2) is 5.65 Å². The minimum atomic E-state index is 0.510. The summed E-state index contributed by atoms with van der Waals surface area (Å²) in [6.45, 7) is 2.14. The molecular weight excluding hydrogens is 224 g/mol. The van der Waals surface area contributed by atoms with Crippen molar-refractivity contribution < 1.29 is 0 Å². The lowest BCUT2D eigenvalue weighted by molar-refractivity contribution is 0.453. The van der Waals surface area contributed by atoms with Crippen LogP contribution in [-0.2, 0) is 0 Å². The zero-order valence-corrected chi connectivity index (χ0v) is 9.61. The Morgan fingerprint density at radius 1 is 1.38 bits per heavy atom. The van der Waals surface area contributed by atoms with Gasteiger partial charge in [0.2, 0.25) is 0 Å². The fraction of sp³-hybridized carbons (Fsp3) is 0.455. The number of piperidine rings is 1. The molecule has 1 aliphatic heterocycles. The molecule has 0 amide bonds. The molecule has 16 heavy (non-hydrogen) atoms. The molecule has 5 heteroatoms. The van der Waals surface area contributed by atoms with Gasteiger partial charge in [0.1, 0.15) is 5.15 Å². The number of rotatable bonds is 1. The number of imidazole rings is 1. The molecule has 1 saturated heterocycles. The van der Waals surface area contributed by atoms with Crippen molar-refractivity contribution in [2.45, 2.75) is 18.8 Å². The molecule has 84 valence electrons. The first kappa shape index (κ1) is 10.1. The van der Waals surface area contributed by atoms with E-state index in [9.17, 15) is 0 Å². The largest absolute Gasteiger partial charge is 0.316 e. The Morgan fingerprint density at radius 3 is 3.12 bits per heavy atom. The highest BCUT2D eigenvalue weighted by Gasteiger charge is 2.18. The molecule has 0 aliphatic carbocycles. The fourth-order valence-corrected chi connectivity index (χ4v) is 2.44. The van der Waals surface area contributed by atoms with Crippen molar-refractivity contribution in [1.82, 2.24) is 19.7 Å². The topological polar surface area (TPSA) is 42.2 Å². The Hall–Kier alpha value is -1.13. The van der Waals surface area contributed by atoms with E-state index in [0.29, 0.717) is 11.1 Å². The molecule has 1 aliphatic rings. The highest BCUT2D eigenvalue weighted by molar-refractivity contribution is 6.29. The molecular formula is C11H13ClN4. The number of hydrogen-bond acceptors (Lipinski definition) is 3. The molecule has 0 radical (unpaired) electrons. The van der Waals surface area contributed by atoms with Crippen LogP contribution in [0.2, 0.25) is 5.15 Å². The van der Waals surface area contributed by atoms with Gasteiger partial charge in [-0.1, -0.05) is 11.6 Å². The van der Waals surface area contributed by atoms with Crippen molar-refractivity contribution in [3.8, 4) is 0 Å². The zero-order valence-electron chi connectivity index (χ0n) is 8.86. The van der Waals surface area contributed by atoms with Crippen molar-refractivity contribution in [3.63, 3.8) is 0 Å². The van der Waals surface area contributed by atoms with Crippen LogP contribution < -0.4 is 5.32 Å². The minimum Gasteiger partial charge on any atom is -0.316 e. The summed E-state index contributed by atoms with van der Waals surface area (Å²) in [6, 6.07) is 0. The molecule has 0 saturated carbocycles. The van der Waals surface area contributed by atoms with Crippen LogP contribution in [0.5, 0.6) is 0 Å². The first-order chi connectivity index (χ1) is 7.84. The summed E-state index contributed by atoms with van der Waals surface area (Å²) in [5.74, 6) is 0.530. The Balaban J connectivity index is 2.05. The molecule has 0 spiro atoms. The van der Waals surface area contributed by atoms with Crippen LogP contribution in [0.3, 0.4) is 0 Å². The Bertz CT molecular complexity index is 502. The summed E-state index contributed by atoms with van der Waals surface area (Å²) < 4.78 is 2.05. The molecule has 3 heterocycles. The minimum absolute atomic E-state index is 0.510. The summed E-state index contributed by atoms with van der Waals surface area (Å²) in [4.78, 5) is 8.38. The number of nitrogens with one attached hydrogen (secondary N) is 1. The zero-order chi connectivity index (χ0) is 11.0. The van der Waals surface area contributed by atoms with Crippen molar-refractivity contribution in [1.29, 1.82) is 0 Å². The van der Waals surface area contributed by atoms with Gasteiger partial charge in [0.25, 0.3) is 0 Å². The number of aromatic nitrogens is 3. The lowest BCUT2D eigenvalue weighted by Crippen LogP contribution is -2.28. The molecule has 3 rings (SSSR count). The van der Waals surface area contributed by atoms with Gasteiger partial charge in [-0.2, -0.15) is 0 Å². The van der Waals surface area contributed by atoms with E-state index >= 15 is 0 Å². The van der Waals surface area contributed by atoms with Crippen LogP contribution >= 0.6 is 11.6 Å². The lowest BCUT2D eigenvalue weighted by Gasteiger charge is -2.22. The SMILES string of the molecule is Clc1cn2c(C3CCCNC3)cnc2cn1. The molecule has 4 nitrogen and oxygen atoms in total. The predicted molar refractivity (Wildman–Crippen MR) is 62.8 cm³/mol. The van der Waals surface area contributed by atoms with Crippen LogP contribution in [0.15, 0.2) is 18.6 Å². The van der Waals surface area contributed by atoms with Gasteiger partial charge >= 0.3 is 0 Å². The number of hydrogen-bond donors (Lipinski definition) is 1. The maximum Gasteiger partial charge on any atom is 0.155 e. The van der Waals surface area contributed by atoms with Gasteiger partial charge in [-0.15, -0.1) is 0 Å². The Kier molecular flexibility index (Phi) is 2.53. The Morgan fingerprint density at radius 2 is 2.31 bits per heavy atom. The third-order valence-electron chi connectivity index (χ3n) is 3.11.